The van der Waals surface area contributed by atoms with Gasteiger partial charge >= 0.3 is 0 Å². The van der Waals surface area contributed by atoms with Crippen molar-refractivity contribution in [2.24, 2.45) is 0 Å². The van der Waals surface area contributed by atoms with E-state index in [9.17, 15) is 9.59 Å². The predicted octanol–water partition coefficient (Wildman–Crippen LogP) is 3.56. The first-order chi connectivity index (χ1) is 16.6. The number of aromatic nitrogens is 4. The first kappa shape index (κ1) is 21.1. The molecule has 170 valence electrons. The normalized spacial score (nSPS) is 11.0. The van der Waals surface area contributed by atoms with Crippen molar-refractivity contribution in [3.63, 3.8) is 0 Å². The van der Waals surface area contributed by atoms with Crippen LogP contribution in [-0.2, 0) is 17.9 Å². The van der Waals surface area contributed by atoms with E-state index in [0.29, 0.717) is 33.8 Å². The standard InChI is InChI=1S/C24H20N6O4/c1-15-22-18(12-19(20-7-3-10-33-20)28-24(22)34-29-15)23(32)25-13-16-5-2-6-17(11-16)27-21(31)14-30-9-4-8-26-30/h2-12H,13-14H2,1H3,(H,25,32)(H,27,31). The highest BCUT2D eigenvalue weighted by Crippen LogP contribution is 2.27. The highest BCUT2D eigenvalue weighted by molar-refractivity contribution is 6.06. The molecule has 5 aromatic rings. The Labute approximate surface area is 193 Å². The first-order valence-corrected chi connectivity index (χ1v) is 10.5. The molecule has 2 amide bonds. The third kappa shape index (κ3) is 4.42. The molecule has 2 N–H and O–H groups in total. The number of anilines is 1. The lowest BCUT2D eigenvalue weighted by molar-refractivity contribution is -0.116. The second kappa shape index (κ2) is 9.02. The molecule has 4 aromatic heterocycles. The number of carbonyl (C=O) groups excluding carboxylic acids is 2. The van der Waals surface area contributed by atoms with Gasteiger partial charge in [0.15, 0.2) is 5.76 Å². The van der Waals surface area contributed by atoms with Crippen LogP contribution in [0.4, 0.5) is 5.69 Å². The van der Waals surface area contributed by atoms with Gasteiger partial charge in [0.1, 0.15) is 12.2 Å². The summed E-state index contributed by atoms with van der Waals surface area (Å²) in [6, 6.07) is 14.2. The fourth-order valence-electron chi connectivity index (χ4n) is 3.60. The Bertz CT molecular complexity index is 1450. The van der Waals surface area contributed by atoms with Gasteiger partial charge in [-0.25, -0.2) is 4.98 Å². The molecule has 4 heterocycles. The molecule has 5 rings (SSSR count). The maximum Gasteiger partial charge on any atom is 0.259 e. The minimum atomic E-state index is -0.306. The number of benzene rings is 1. The molecule has 34 heavy (non-hydrogen) atoms. The van der Waals surface area contributed by atoms with E-state index >= 15 is 0 Å². The fraction of sp³-hybridized carbons (Fsp3) is 0.125. The largest absolute Gasteiger partial charge is 0.463 e. The molecule has 0 aliphatic rings. The fourth-order valence-corrected chi connectivity index (χ4v) is 3.60. The number of carbonyl (C=O) groups is 2. The molecule has 0 saturated carbocycles. The molecule has 0 saturated heterocycles. The predicted molar refractivity (Wildman–Crippen MR) is 123 cm³/mol. The number of rotatable bonds is 7. The van der Waals surface area contributed by atoms with E-state index in [2.05, 4.69) is 25.9 Å². The van der Waals surface area contributed by atoms with Crippen LogP contribution in [0, 0.1) is 6.92 Å². The van der Waals surface area contributed by atoms with Crippen LogP contribution < -0.4 is 10.6 Å². The van der Waals surface area contributed by atoms with Gasteiger partial charge in [0.05, 0.1) is 22.9 Å². The molecule has 0 spiro atoms. The third-order valence-corrected chi connectivity index (χ3v) is 5.16. The average molecular weight is 456 g/mol. The minimum absolute atomic E-state index is 0.113. The van der Waals surface area contributed by atoms with Crippen LogP contribution in [0.1, 0.15) is 21.6 Å². The summed E-state index contributed by atoms with van der Waals surface area (Å²) in [6.07, 6.45) is 4.87. The van der Waals surface area contributed by atoms with Crippen molar-refractivity contribution in [3.8, 4) is 11.5 Å². The molecule has 0 unspecified atom stereocenters. The summed E-state index contributed by atoms with van der Waals surface area (Å²) < 4.78 is 12.3. The second-order valence-electron chi connectivity index (χ2n) is 7.62. The number of hydrogen-bond donors (Lipinski definition) is 2. The van der Waals surface area contributed by atoms with Crippen molar-refractivity contribution in [2.45, 2.75) is 20.0 Å². The van der Waals surface area contributed by atoms with Crippen molar-refractivity contribution in [2.75, 3.05) is 5.32 Å². The lowest BCUT2D eigenvalue weighted by Gasteiger charge is -2.10. The summed E-state index contributed by atoms with van der Waals surface area (Å²) >= 11 is 0. The summed E-state index contributed by atoms with van der Waals surface area (Å²) in [6.45, 7) is 2.13. The number of amides is 2. The molecular formula is C24H20N6O4. The van der Waals surface area contributed by atoms with Gasteiger partial charge in [-0.15, -0.1) is 0 Å². The number of aryl methyl sites for hydroxylation is 1. The Morgan fingerprint density at radius 1 is 1.12 bits per heavy atom. The van der Waals surface area contributed by atoms with Crippen molar-refractivity contribution in [3.05, 3.63) is 84.0 Å². The van der Waals surface area contributed by atoms with E-state index in [1.54, 1.807) is 54.3 Å². The Hall–Kier alpha value is -4.73. The van der Waals surface area contributed by atoms with Crippen LogP contribution in [0.3, 0.4) is 0 Å². The van der Waals surface area contributed by atoms with Gasteiger partial charge in [0.2, 0.25) is 5.91 Å². The van der Waals surface area contributed by atoms with E-state index in [1.165, 1.54) is 6.26 Å². The lowest BCUT2D eigenvalue weighted by atomic mass is 10.1. The summed E-state index contributed by atoms with van der Waals surface area (Å²) in [5.41, 5.74) is 3.15. The minimum Gasteiger partial charge on any atom is -0.463 e. The first-order valence-electron chi connectivity index (χ1n) is 10.5. The summed E-state index contributed by atoms with van der Waals surface area (Å²) in [5.74, 6) is 0.0145. The van der Waals surface area contributed by atoms with E-state index in [4.69, 9.17) is 8.94 Å². The molecule has 0 aliphatic carbocycles. The molecule has 0 bridgehead atoms. The molecule has 1 aromatic carbocycles. The summed E-state index contributed by atoms with van der Waals surface area (Å²) in [7, 11) is 0. The number of pyridine rings is 1. The summed E-state index contributed by atoms with van der Waals surface area (Å²) in [5, 5.41) is 14.3. The second-order valence-corrected chi connectivity index (χ2v) is 7.62. The number of nitrogens with zero attached hydrogens (tertiary/aromatic N) is 4. The zero-order valence-corrected chi connectivity index (χ0v) is 18.2. The quantitative estimate of drug-likeness (QED) is 0.383. The van der Waals surface area contributed by atoms with E-state index in [0.717, 1.165) is 5.56 Å². The topological polar surface area (TPSA) is 128 Å². The molecule has 10 heteroatoms. The number of nitrogens with one attached hydrogen (secondary N) is 2. The van der Waals surface area contributed by atoms with Crippen LogP contribution in [0.25, 0.3) is 22.6 Å². The number of hydrogen-bond acceptors (Lipinski definition) is 7. The van der Waals surface area contributed by atoms with Gasteiger partial charge in [-0.05, 0) is 48.9 Å². The zero-order valence-electron chi connectivity index (χ0n) is 18.2. The van der Waals surface area contributed by atoms with Crippen LogP contribution >= 0.6 is 0 Å². The van der Waals surface area contributed by atoms with E-state index in [1.807, 2.05) is 18.2 Å². The maximum absolute atomic E-state index is 13.1. The number of furan rings is 1. The number of fused-ring (bicyclic) bond motifs is 1. The molecular weight excluding hydrogens is 436 g/mol. The lowest BCUT2D eigenvalue weighted by Crippen LogP contribution is -2.23. The highest BCUT2D eigenvalue weighted by atomic mass is 16.5. The SMILES string of the molecule is Cc1noc2nc(-c3ccco3)cc(C(=O)NCc3cccc(NC(=O)Cn4cccn4)c3)c12. The third-order valence-electron chi connectivity index (χ3n) is 5.16. The van der Waals surface area contributed by atoms with Crippen LogP contribution in [-0.4, -0.2) is 31.7 Å². The Morgan fingerprint density at radius 2 is 2.03 bits per heavy atom. The Morgan fingerprint density at radius 3 is 2.82 bits per heavy atom. The van der Waals surface area contributed by atoms with Gasteiger partial charge in [0.25, 0.3) is 11.6 Å². The van der Waals surface area contributed by atoms with Crippen molar-refractivity contribution >= 4 is 28.6 Å². The van der Waals surface area contributed by atoms with Crippen molar-refractivity contribution in [1.29, 1.82) is 0 Å². The van der Waals surface area contributed by atoms with Gasteiger partial charge in [0, 0.05) is 24.6 Å². The smallest absolute Gasteiger partial charge is 0.259 e. The maximum atomic E-state index is 13.1. The molecule has 10 nitrogen and oxygen atoms in total. The molecule has 0 aliphatic heterocycles. The Kier molecular flexibility index (Phi) is 5.61. The van der Waals surface area contributed by atoms with Gasteiger partial charge in [-0.2, -0.15) is 5.10 Å². The van der Waals surface area contributed by atoms with Gasteiger partial charge in [-0.1, -0.05) is 17.3 Å². The van der Waals surface area contributed by atoms with Gasteiger partial charge < -0.3 is 19.6 Å². The van der Waals surface area contributed by atoms with E-state index in [-0.39, 0.29) is 30.6 Å². The summed E-state index contributed by atoms with van der Waals surface area (Å²) in [4.78, 5) is 29.8. The van der Waals surface area contributed by atoms with E-state index < -0.39 is 0 Å². The monoisotopic (exact) mass is 456 g/mol. The van der Waals surface area contributed by atoms with Crippen LogP contribution in [0.5, 0.6) is 0 Å². The molecule has 0 fully saturated rings. The van der Waals surface area contributed by atoms with Crippen molar-refractivity contribution < 1.29 is 18.5 Å². The van der Waals surface area contributed by atoms with Crippen LogP contribution in [0.15, 0.2) is 76.1 Å². The van der Waals surface area contributed by atoms with Crippen molar-refractivity contribution in [1.82, 2.24) is 25.2 Å². The molecule has 0 atom stereocenters. The highest BCUT2D eigenvalue weighted by Gasteiger charge is 2.20. The average Bonchev–Trinajstić information content (AvgIpc) is 3.60. The Balaban J connectivity index is 1.31. The molecule has 0 radical (unpaired) electrons. The van der Waals surface area contributed by atoms with Gasteiger partial charge in [-0.3, -0.25) is 14.3 Å². The zero-order chi connectivity index (χ0) is 23.5. The van der Waals surface area contributed by atoms with Crippen LogP contribution in [0.2, 0.25) is 0 Å².